The quantitative estimate of drug-likeness (QED) is 0.698. The van der Waals surface area contributed by atoms with Gasteiger partial charge in [-0.05, 0) is 19.4 Å². The number of aliphatic hydroxyl groups excluding tert-OH is 1. The normalized spacial score (nSPS) is 12.9. The minimum absolute atomic E-state index is 0.0681. The van der Waals surface area contributed by atoms with Crippen LogP contribution in [0.1, 0.15) is 12.5 Å². The van der Waals surface area contributed by atoms with Crippen LogP contribution in [0.15, 0.2) is 23.1 Å². The van der Waals surface area contributed by atoms with E-state index in [-0.39, 0.29) is 5.56 Å². The molecule has 0 amide bonds. The van der Waals surface area contributed by atoms with E-state index in [9.17, 15) is 4.79 Å². The van der Waals surface area contributed by atoms with Crippen LogP contribution in [0.2, 0.25) is 0 Å². The molecule has 0 aliphatic carbocycles. The predicted octanol–water partition coefficient (Wildman–Crippen LogP) is 0.538. The molecular formula is C9H13NO2. The first-order valence-electron chi connectivity index (χ1n) is 3.95. The van der Waals surface area contributed by atoms with Crippen molar-refractivity contribution in [1.29, 1.82) is 0 Å². The van der Waals surface area contributed by atoms with Crippen molar-refractivity contribution < 1.29 is 5.11 Å². The van der Waals surface area contributed by atoms with E-state index in [4.69, 9.17) is 5.11 Å². The summed E-state index contributed by atoms with van der Waals surface area (Å²) in [4.78, 5) is 11.2. The van der Waals surface area contributed by atoms with Gasteiger partial charge in [-0.3, -0.25) is 4.79 Å². The highest BCUT2D eigenvalue weighted by Crippen LogP contribution is 1.93. The van der Waals surface area contributed by atoms with Crippen molar-refractivity contribution in [2.24, 2.45) is 0 Å². The first-order valence-corrected chi connectivity index (χ1v) is 3.95. The molecule has 0 fully saturated rings. The molecule has 3 heteroatoms. The van der Waals surface area contributed by atoms with Gasteiger partial charge in [-0.15, -0.1) is 0 Å². The standard InChI is InChI=1S/C9H13NO2/c1-7-3-4-9(12)10(5-7)6-8(2)11/h3-5,8,11H,6H2,1-2H3/t8-/m1/s1. The Bertz CT molecular complexity index is 315. The van der Waals surface area contributed by atoms with Crippen LogP contribution in [-0.4, -0.2) is 15.8 Å². The highest BCUT2D eigenvalue weighted by molar-refractivity contribution is 5.07. The van der Waals surface area contributed by atoms with Crippen LogP contribution < -0.4 is 5.56 Å². The molecule has 1 atom stereocenters. The summed E-state index contributed by atoms with van der Waals surface area (Å²) in [5.74, 6) is 0. The second-order valence-corrected chi connectivity index (χ2v) is 3.05. The van der Waals surface area contributed by atoms with Gasteiger partial charge in [0.2, 0.25) is 0 Å². The lowest BCUT2D eigenvalue weighted by Gasteiger charge is -2.07. The fourth-order valence-electron chi connectivity index (χ4n) is 1.08. The molecule has 0 aromatic carbocycles. The number of aromatic nitrogens is 1. The molecule has 0 saturated heterocycles. The minimum atomic E-state index is -0.482. The Morgan fingerprint density at radius 2 is 2.25 bits per heavy atom. The van der Waals surface area contributed by atoms with Crippen LogP contribution in [0.4, 0.5) is 0 Å². The zero-order chi connectivity index (χ0) is 9.14. The maximum absolute atomic E-state index is 11.2. The van der Waals surface area contributed by atoms with Crippen molar-refractivity contribution in [3.63, 3.8) is 0 Å². The van der Waals surface area contributed by atoms with E-state index < -0.39 is 6.10 Å². The van der Waals surface area contributed by atoms with Crippen molar-refractivity contribution in [2.75, 3.05) is 0 Å². The van der Waals surface area contributed by atoms with Gasteiger partial charge in [0.25, 0.3) is 5.56 Å². The Morgan fingerprint density at radius 3 is 2.83 bits per heavy atom. The average Bonchev–Trinajstić information content (AvgIpc) is 1.96. The van der Waals surface area contributed by atoms with Crippen molar-refractivity contribution in [2.45, 2.75) is 26.5 Å². The molecule has 1 N–H and O–H groups in total. The monoisotopic (exact) mass is 167 g/mol. The van der Waals surface area contributed by atoms with Gasteiger partial charge in [0, 0.05) is 12.3 Å². The summed E-state index contributed by atoms with van der Waals surface area (Å²) in [7, 11) is 0. The molecule has 0 aliphatic heterocycles. The maximum atomic E-state index is 11.2. The molecule has 0 spiro atoms. The summed E-state index contributed by atoms with van der Waals surface area (Å²) in [5, 5.41) is 9.06. The third-order valence-corrected chi connectivity index (χ3v) is 1.59. The van der Waals surface area contributed by atoms with Crippen molar-refractivity contribution in [3.8, 4) is 0 Å². The second kappa shape index (κ2) is 3.54. The lowest BCUT2D eigenvalue weighted by atomic mass is 10.3. The van der Waals surface area contributed by atoms with Gasteiger partial charge >= 0.3 is 0 Å². The van der Waals surface area contributed by atoms with Gasteiger partial charge in [-0.25, -0.2) is 0 Å². The average molecular weight is 167 g/mol. The van der Waals surface area contributed by atoms with Gasteiger partial charge < -0.3 is 9.67 Å². The SMILES string of the molecule is Cc1ccc(=O)n(C[C@@H](C)O)c1. The van der Waals surface area contributed by atoms with Crippen LogP contribution in [-0.2, 0) is 6.54 Å². The van der Waals surface area contributed by atoms with Crippen LogP contribution in [0.3, 0.4) is 0 Å². The van der Waals surface area contributed by atoms with Crippen molar-refractivity contribution in [1.82, 2.24) is 4.57 Å². The first kappa shape index (κ1) is 9.00. The Hall–Kier alpha value is -1.09. The first-order chi connectivity index (χ1) is 5.59. The number of hydrogen-bond acceptors (Lipinski definition) is 2. The Labute approximate surface area is 71.3 Å². The summed E-state index contributed by atoms with van der Waals surface area (Å²) in [6, 6.07) is 3.28. The predicted molar refractivity (Wildman–Crippen MR) is 47.1 cm³/mol. The minimum Gasteiger partial charge on any atom is -0.392 e. The fraction of sp³-hybridized carbons (Fsp3) is 0.444. The van der Waals surface area contributed by atoms with E-state index in [1.165, 1.54) is 10.6 Å². The Kier molecular flexibility index (Phi) is 2.65. The van der Waals surface area contributed by atoms with Gasteiger partial charge in [0.1, 0.15) is 0 Å². The van der Waals surface area contributed by atoms with E-state index in [0.717, 1.165) is 5.56 Å². The van der Waals surface area contributed by atoms with Crippen LogP contribution in [0.5, 0.6) is 0 Å². The van der Waals surface area contributed by atoms with Crippen LogP contribution in [0, 0.1) is 6.92 Å². The number of rotatable bonds is 2. The fourth-order valence-corrected chi connectivity index (χ4v) is 1.08. The van der Waals surface area contributed by atoms with Crippen LogP contribution in [0.25, 0.3) is 0 Å². The van der Waals surface area contributed by atoms with Gasteiger partial charge in [0.15, 0.2) is 0 Å². The summed E-state index contributed by atoms with van der Waals surface area (Å²) in [6.07, 6.45) is 1.26. The van der Waals surface area contributed by atoms with E-state index in [1.807, 2.05) is 6.92 Å². The summed E-state index contributed by atoms with van der Waals surface area (Å²) in [5.41, 5.74) is 0.955. The van der Waals surface area contributed by atoms with Crippen molar-refractivity contribution >= 4 is 0 Å². The summed E-state index contributed by atoms with van der Waals surface area (Å²) in [6.45, 7) is 3.94. The molecule has 1 aromatic heterocycles. The topological polar surface area (TPSA) is 42.2 Å². The Balaban J connectivity index is 2.98. The number of pyridine rings is 1. The molecule has 0 aliphatic rings. The highest BCUT2D eigenvalue weighted by atomic mass is 16.3. The molecule has 12 heavy (non-hydrogen) atoms. The molecule has 1 heterocycles. The molecule has 0 bridgehead atoms. The van der Waals surface area contributed by atoms with Crippen LogP contribution >= 0.6 is 0 Å². The molecule has 0 radical (unpaired) electrons. The lowest BCUT2D eigenvalue weighted by molar-refractivity contribution is 0.172. The Morgan fingerprint density at radius 1 is 1.58 bits per heavy atom. The van der Waals surface area contributed by atoms with Crippen molar-refractivity contribution in [3.05, 3.63) is 34.2 Å². The number of hydrogen-bond donors (Lipinski definition) is 1. The molecular weight excluding hydrogens is 154 g/mol. The van der Waals surface area contributed by atoms with E-state index in [0.29, 0.717) is 6.54 Å². The zero-order valence-electron chi connectivity index (χ0n) is 7.32. The lowest BCUT2D eigenvalue weighted by Crippen LogP contribution is -2.24. The van der Waals surface area contributed by atoms with Gasteiger partial charge in [0.05, 0.1) is 12.6 Å². The largest absolute Gasteiger partial charge is 0.392 e. The second-order valence-electron chi connectivity index (χ2n) is 3.05. The third-order valence-electron chi connectivity index (χ3n) is 1.59. The molecule has 1 aromatic rings. The number of aliphatic hydroxyl groups is 1. The smallest absolute Gasteiger partial charge is 0.250 e. The third kappa shape index (κ3) is 2.20. The van der Waals surface area contributed by atoms with E-state index >= 15 is 0 Å². The zero-order valence-corrected chi connectivity index (χ0v) is 7.32. The van der Waals surface area contributed by atoms with E-state index in [1.54, 1.807) is 19.2 Å². The van der Waals surface area contributed by atoms with E-state index in [2.05, 4.69) is 0 Å². The number of aryl methyl sites for hydroxylation is 1. The molecule has 66 valence electrons. The molecule has 3 nitrogen and oxygen atoms in total. The highest BCUT2D eigenvalue weighted by Gasteiger charge is 1.99. The van der Waals surface area contributed by atoms with Gasteiger partial charge in [-0.2, -0.15) is 0 Å². The summed E-state index contributed by atoms with van der Waals surface area (Å²) < 4.78 is 1.51. The molecule has 0 unspecified atom stereocenters. The molecule has 0 saturated carbocycles. The maximum Gasteiger partial charge on any atom is 0.250 e. The molecule has 1 rings (SSSR count). The van der Waals surface area contributed by atoms with Gasteiger partial charge in [-0.1, -0.05) is 6.07 Å². The summed E-state index contributed by atoms with van der Waals surface area (Å²) >= 11 is 0. The number of nitrogens with zero attached hydrogens (tertiary/aromatic N) is 1.